The van der Waals surface area contributed by atoms with Crippen LogP contribution in [0.25, 0.3) is 0 Å². The quantitative estimate of drug-likeness (QED) is 0.379. The van der Waals surface area contributed by atoms with E-state index in [-0.39, 0.29) is 0 Å². The average molecular weight is 310 g/mol. The van der Waals surface area contributed by atoms with E-state index in [1.54, 1.807) is 0 Å². The third-order valence-electron chi connectivity index (χ3n) is 4.58. The second kappa shape index (κ2) is 10.1. The van der Waals surface area contributed by atoms with Gasteiger partial charge in [0.15, 0.2) is 5.96 Å². The summed E-state index contributed by atoms with van der Waals surface area (Å²) in [6.07, 6.45) is 7.98. The average Bonchev–Trinajstić information content (AvgIpc) is 3.21. The maximum Gasteiger partial charge on any atom is 0.193 e. The lowest BCUT2D eigenvalue weighted by Crippen LogP contribution is -2.41. The van der Waals surface area contributed by atoms with Gasteiger partial charge in [-0.15, -0.1) is 0 Å². The van der Waals surface area contributed by atoms with Crippen LogP contribution in [0.2, 0.25) is 0 Å². The van der Waals surface area contributed by atoms with Crippen LogP contribution in [0.4, 0.5) is 0 Å². The van der Waals surface area contributed by atoms with Crippen molar-refractivity contribution in [3.8, 4) is 0 Å². The van der Waals surface area contributed by atoms with Crippen LogP contribution in [0.15, 0.2) is 4.99 Å². The second-order valence-electron chi connectivity index (χ2n) is 6.67. The number of hydrogen-bond donors (Lipinski definition) is 1. The molecule has 1 N–H and O–H groups in total. The molecule has 2 aliphatic rings. The molecule has 0 radical (unpaired) electrons. The van der Waals surface area contributed by atoms with E-state index in [0.29, 0.717) is 0 Å². The summed E-state index contributed by atoms with van der Waals surface area (Å²) in [6, 6.07) is 0. The van der Waals surface area contributed by atoms with Gasteiger partial charge < -0.3 is 19.9 Å². The van der Waals surface area contributed by atoms with Crippen molar-refractivity contribution in [3.05, 3.63) is 0 Å². The number of ether oxygens (including phenoxy) is 1. The standard InChI is InChI=1S/C17H34N4O/c1-18-17(20(2)13-14-22-15-16-7-8-16)19-9-3-4-10-21-11-5-6-12-21/h16H,3-15H2,1-2H3,(H,18,19). The van der Waals surface area contributed by atoms with Crippen LogP contribution in [-0.2, 0) is 4.74 Å². The highest BCUT2D eigenvalue weighted by Crippen LogP contribution is 2.28. The van der Waals surface area contributed by atoms with Gasteiger partial charge in [0.05, 0.1) is 6.61 Å². The first-order valence-corrected chi connectivity index (χ1v) is 9.01. The smallest absolute Gasteiger partial charge is 0.193 e. The van der Waals surface area contributed by atoms with Crippen molar-refractivity contribution in [1.82, 2.24) is 15.1 Å². The Bertz CT molecular complexity index is 325. The van der Waals surface area contributed by atoms with E-state index in [1.165, 1.54) is 58.2 Å². The zero-order valence-corrected chi connectivity index (χ0v) is 14.5. The van der Waals surface area contributed by atoms with Gasteiger partial charge in [-0.2, -0.15) is 0 Å². The Hall–Kier alpha value is -0.810. The Morgan fingerprint density at radius 3 is 2.73 bits per heavy atom. The SMILES string of the molecule is CN=C(NCCCCN1CCCC1)N(C)CCOCC1CC1. The van der Waals surface area contributed by atoms with Gasteiger partial charge >= 0.3 is 0 Å². The van der Waals surface area contributed by atoms with Crippen LogP contribution in [0.5, 0.6) is 0 Å². The molecule has 0 unspecified atom stereocenters. The van der Waals surface area contributed by atoms with Gasteiger partial charge in [-0.25, -0.2) is 0 Å². The second-order valence-corrected chi connectivity index (χ2v) is 6.67. The molecular formula is C17H34N4O. The first kappa shape index (κ1) is 17.5. The Kier molecular flexibility index (Phi) is 8.02. The summed E-state index contributed by atoms with van der Waals surface area (Å²) in [4.78, 5) is 9.10. The highest BCUT2D eigenvalue weighted by Gasteiger charge is 2.21. The number of likely N-dealkylation sites (N-methyl/N-ethyl adjacent to an activating group) is 1. The molecular weight excluding hydrogens is 276 g/mol. The van der Waals surface area contributed by atoms with Crippen molar-refractivity contribution in [2.45, 2.75) is 38.5 Å². The van der Waals surface area contributed by atoms with Crippen LogP contribution >= 0.6 is 0 Å². The molecule has 0 atom stereocenters. The van der Waals surface area contributed by atoms with Crippen LogP contribution < -0.4 is 5.32 Å². The molecule has 0 aromatic heterocycles. The molecule has 1 saturated heterocycles. The van der Waals surface area contributed by atoms with Gasteiger partial charge in [-0.1, -0.05) is 0 Å². The van der Waals surface area contributed by atoms with Crippen molar-refractivity contribution in [2.75, 3.05) is 60.0 Å². The van der Waals surface area contributed by atoms with Gasteiger partial charge in [0.25, 0.3) is 0 Å². The maximum atomic E-state index is 5.69. The maximum absolute atomic E-state index is 5.69. The third kappa shape index (κ3) is 6.97. The minimum absolute atomic E-state index is 0.794. The molecule has 22 heavy (non-hydrogen) atoms. The molecule has 5 nitrogen and oxygen atoms in total. The molecule has 1 aliphatic heterocycles. The lowest BCUT2D eigenvalue weighted by atomic mass is 10.3. The molecule has 0 aromatic rings. The predicted molar refractivity (Wildman–Crippen MR) is 92.4 cm³/mol. The molecule has 0 amide bonds. The highest BCUT2D eigenvalue weighted by molar-refractivity contribution is 5.79. The molecule has 2 fully saturated rings. The Morgan fingerprint density at radius 2 is 2.05 bits per heavy atom. The summed E-state index contributed by atoms with van der Waals surface area (Å²) in [5.41, 5.74) is 0. The molecule has 1 aliphatic carbocycles. The predicted octanol–water partition coefficient (Wildman–Crippen LogP) is 1.80. The number of unbranched alkanes of at least 4 members (excludes halogenated alkanes) is 1. The van der Waals surface area contributed by atoms with E-state index < -0.39 is 0 Å². The molecule has 1 heterocycles. The summed E-state index contributed by atoms with van der Waals surface area (Å²) < 4.78 is 5.69. The monoisotopic (exact) mass is 310 g/mol. The van der Waals surface area contributed by atoms with Gasteiger partial charge in [0.2, 0.25) is 0 Å². The zero-order valence-electron chi connectivity index (χ0n) is 14.5. The van der Waals surface area contributed by atoms with Crippen LogP contribution in [-0.4, -0.2) is 75.8 Å². The number of nitrogens with one attached hydrogen (secondary N) is 1. The van der Waals surface area contributed by atoms with Gasteiger partial charge in [0.1, 0.15) is 0 Å². The van der Waals surface area contributed by atoms with Crippen LogP contribution in [0.3, 0.4) is 0 Å². The largest absolute Gasteiger partial charge is 0.379 e. The van der Waals surface area contributed by atoms with E-state index in [0.717, 1.165) is 38.2 Å². The summed E-state index contributed by atoms with van der Waals surface area (Å²) in [6.45, 7) is 7.51. The minimum Gasteiger partial charge on any atom is -0.379 e. The summed E-state index contributed by atoms with van der Waals surface area (Å²) >= 11 is 0. The summed E-state index contributed by atoms with van der Waals surface area (Å²) in [5, 5.41) is 3.46. The van der Waals surface area contributed by atoms with E-state index in [2.05, 4.69) is 27.2 Å². The number of aliphatic imine (C=N–C) groups is 1. The fraction of sp³-hybridized carbons (Fsp3) is 0.941. The summed E-state index contributed by atoms with van der Waals surface area (Å²) in [5.74, 6) is 1.83. The Labute approximate surface area is 136 Å². The summed E-state index contributed by atoms with van der Waals surface area (Å²) in [7, 11) is 3.94. The number of likely N-dealkylation sites (tertiary alicyclic amines) is 1. The first-order chi connectivity index (χ1) is 10.8. The molecule has 0 bridgehead atoms. The van der Waals surface area contributed by atoms with E-state index in [1.807, 2.05) is 7.05 Å². The normalized spacial score (nSPS) is 19.6. The third-order valence-corrected chi connectivity index (χ3v) is 4.58. The topological polar surface area (TPSA) is 40.1 Å². The van der Waals surface area contributed by atoms with Crippen molar-refractivity contribution >= 4 is 5.96 Å². The fourth-order valence-electron chi connectivity index (χ4n) is 2.89. The number of nitrogens with zero attached hydrogens (tertiary/aromatic N) is 3. The molecule has 128 valence electrons. The van der Waals surface area contributed by atoms with E-state index in [9.17, 15) is 0 Å². The van der Waals surface area contributed by atoms with Crippen molar-refractivity contribution < 1.29 is 4.74 Å². The van der Waals surface area contributed by atoms with Crippen LogP contribution in [0, 0.1) is 5.92 Å². The number of rotatable bonds is 10. The fourth-order valence-corrected chi connectivity index (χ4v) is 2.89. The molecule has 1 saturated carbocycles. The van der Waals surface area contributed by atoms with Crippen molar-refractivity contribution in [2.24, 2.45) is 10.9 Å². The minimum atomic E-state index is 0.794. The number of guanidine groups is 1. The van der Waals surface area contributed by atoms with Gasteiger partial charge in [-0.3, -0.25) is 4.99 Å². The molecule has 0 spiro atoms. The van der Waals surface area contributed by atoms with Gasteiger partial charge in [-0.05, 0) is 64.1 Å². The zero-order chi connectivity index (χ0) is 15.6. The van der Waals surface area contributed by atoms with Gasteiger partial charge in [0, 0.05) is 33.8 Å². The van der Waals surface area contributed by atoms with Crippen molar-refractivity contribution in [1.29, 1.82) is 0 Å². The molecule has 2 rings (SSSR count). The first-order valence-electron chi connectivity index (χ1n) is 9.01. The lowest BCUT2D eigenvalue weighted by molar-refractivity contribution is 0.115. The van der Waals surface area contributed by atoms with E-state index in [4.69, 9.17) is 4.74 Å². The van der Waals surface area contributed by atoms with Crippen LogP contribution in [0.1, 0.15) is 38.5 Å². The van der Waals surface area contributed by atoms with E-state index >= 15 is 0 Å². The Balaban J connectivity index is 1.47. The number of hydrogen-bond acceptors (Lipinski definition) is 3. The highest BCUT2D eigenvalue weighted by atomic mass is 16.5. The van der Waals surface area contributed by atoms with Crippen molar-refractivity contribution in [3.63, 3.8) is 0 Å². The molecule has 0 aromatic carbocycles. The molecule has 5 heteroatoms. The lowest BCUT2D eigenvalue weighted by Gasteiger charge is -2.22. The Morgan fingerprint density at radius 1 is 1.27 bits per heavy atom.